The van der Waals surface area contributed by atoms with Crippen molar-refractivity contribution in [2.24, 2.45) is 0 Å². The van der Waals surface area contributed by atoms with Crippen molar-refractivity contribution >= 4 is 15.7 Å². The van der Waals surface area contributed by atoms with Gasteiger partial charge in [0.2, 0.25) is 0 Å². The first-order chi connectivity index (χ1) is 12.7. The molecule has 4 rings (SSSR count). The highest BCUT2D eigenvalue weighted by molar-refractivity contribution is 7.92. The second-order valence-corrected chi connectivity index (χ2v) is 7.96. The largest absolute Gasteiger partial charge is 0.508 e. The van der Waals surface area contributed by atoms with E-state index in [2.05, 4.69) is 0 Å². The lowest BCUT2D eigenvalue weighted by atomic mass is 10.1. The Morgan fingerprint density at radius 2 is 1.52 bits per heavy atom. The maximum Gasteiger partial charge on any atom is 0.264 e. The van der Waals surface area contributed by atoms with Crippen LogP contribution >= 0.6 is 0 Å². The molecule has 5 nitrogen and oxygen atoms in total. The molecule has 0 amide bonds. The van der Waals surface area contributed by atoms with Gasteiger partial charge < -0.3 is 5.11 Å². The summed E-state index contributed by atoms with van der Waals surface area (Å²) >= 11 is 0. The van der Waals surface area contributed by atoms with Crippen LogP contribution in [0.4, 0.5) is 18.9 Å². The Morgan fingerprint density at radius 1 is 0.926 bits per heavy atom. The summed E-state index contributed by atoms with van der Waals surface area (Å²) in [6.45, 7) is 1.52. The number of phenols is 1. The Kier molecular flexibility index (Phi) is 3.74. The van der Waals surface area contributed by atoms with Crippen molar-refractivity contribution in [2.75, 3.05) is 4.31 Å². The SMILES string of the molecule is CC1c2ccc(F)n2-c2cc(F)c(F)cc2N1S(=O)(=O)c1ccc(O)cc1. The van der Waals surface area contributed by atoms with E-state index in [1.165, 1.54) is 37.3 Å². The van der Waals surface area contributed by atoms with Crippen molar-refractivity contribution in [1.82, 2.24) is 4.57 Å². The lowest BCUT2D eigenvalue weighted by Crippen LogP contribution is -2.38. The van der Waals surface area contributed by atoms with Crippen molar-refractivity contribution in [2.45, 2.75) is 17.9 Å². The summed E-state index contributed by atoms with van der Waals surface area (Å²) in [6, 6.07) is 7.95. The number of fused-ring (bicyclic) bond motifs is 3. The molecule has 1 unspecified atom stereocenters. The number of aromatic nitrogens is 1. The molecule has 140 valence electrons. The quantitative estimate of drug-likeness (QED) is 0.718. The molecule has 1 N–H and O–H groups in total. The Bertz CT molecular complexity index is 1160. The number of hydrogen-bond acceptors (Lipinski definition) is 3. The van der Waals surface area contributed by atoms with Crippen molar-refractivity contribution in [3.63, 3.8) is 0 Å². The number of anilines is 1. The van der Waals surface area contributed by atoms with E-state index >= 15 is 0 Å². The first-order valence-electron chi connectivity index (χ1n) is 7.92. The van der Waals surface area contributed by atoms with Crippen LogP contribution in [-0.2, 0) is 10.0 Å². The maximum absolute atomic E-state index is 14.3. The van der Waals surface area contributed by atoms with Crippen LogP contribution in [0, 0.1) is 17.6 Å². The van der Waals surface area contributed by atoms with E-state index in [0.717, 1.165) is 27.1 Å². The van der Waals surface area contributed by atoms with Crippen LogP contribution < -0.4 is 4.31 Å². The van der Waals surface area contributed by atoms with E-state index in [0.29, 0.717) is 0 Å². The zero-order valence-electron chi connectivity index (χ0n) is 13.9. The Hall–Kier alpha value is -2.94. The van der Waals surface area contributed by atoms with E-state index in [9.17, 15) is 26.7 Å². The fourth-order valence-corrected chi connectivity index (χ4v) is 4.92. The minimum Gasteiger partial charge on any atom is -0.508 e. The van der Waals surface area contributed by atoms with Gasteiger partial charge in [-0.3, -0.25) is 8.87 Å². The number of rotatable bonds is 2. The van der Waals surface area contributed by atoms with E-state index in [1.807, 2.05) is 0 Å². The Morgan fingerprint density at radius 3 is 2.15 bits per heavy atom. The van der Waals surface area contributed by atoms with Crippen LogP contribution in [0.15, 0.2) is 53.4 Å². The normalized spacial score (nSPS) is 16.1. The molecule has 0 saturated heterocycles. The maximum atomic E-state index is 14.3. The van der Waals surface area contributed by atoms with Crippen molar-refractivity contribution in [1.29, 1.82) is 0 Å². The van der Waals surface area contributed by atoms with Gasteiger partial charge in [0.05, 0.1) is 22.3 Å². The van der Waals surface area contributed by atoms with Gasteiger partial charge in [-0.05, 0) is 43.3 Å². The Labute approximate surface area is 153 Å². The van der Waals surface area contributed by atoms with Gasteiger partial charge in [0.25, 0.3) is 10.0 Å². The standard InChI is InChI=1S/C18H13F3N2O3S/c1-10-15-6-7-18(21)22(15)16-8-13(19)14(20)9-17(16)23(10)27(25,26)12-4-2-11(24)3-5-12/h2-10,24H,1H3. The van der Waals surface area contributed by atoms with Crippen molar-refractivity contribution < 1.29 is 26.7 Å². The van der Waals surface area contributed by atoms with Gasteiger partial charge in [-0.2, -0.15) is 4.39 Å². The highest BCUT2D eigenvalue weighted by atomic mass is 32.2. The number of benzene rings is 2. The second-order valence-electron chi connectivity index (χ2n) is 6.14. The molecule has 0 fully saturated rings. The smallest absolute Gasteiger partial charge is 0.264 e. The lowest BCUT2D eigenvalue weighted by molar-refractivity contribution is 0.474. The molecule has 3 aromatic rings. The highest BCUT2D eigenvalue weighted by Gasteiger charge is 2.39. The van der Waals surface area contributed by atoms with E-state index in [-0.39, 0.29) is 27.7 Å². The van der Waals surface area contributed by atoms with E-state index in [4.69, 9.17) is 0 Å². The summed E-state index contributed by atoms with van der Waals surface area (Å²) in [4.78, 5) is -0.150. The van der Waals surface area contributed by atoms with Crippen LogP contribution in [0.5, 0.6) is 5.75 Å². The molecular formula is C18H13F3N2O3S. The average Bonchev–Trinajstić information content (AvgIpc) is 3.00. The minimum atomic E-state index is -4.21. The number of hydrogen-bond donors (Lipinski definition) is 1. The van der Waals surface area contributed by atoms with Crippen LogP contribution in [0.1, 0.15) is 18.7 Å². The summed E-state index contributed by atoms with van der Waals surface area (Å²) in [5.41, 5.74) is -0.0303. The van der Waals surface area contributed by atoms with Crippen molar-refractivity contribution in [3.05, 3.63) is 71.8 Å². The number of halogens is 3. The molecule has 27 heavy (non-hydrogen) atoms. The van der Waals surface area contributed by atoms with Crippen LogP contribution in [0.2, 0.25) is 0 Å². The van der Waals surface area contributed by atoms with Gasteiger partial charge >= 0.3 is 0 Å². The first-order valence-corrected chi connectivity index (χ1v) is 9.36. The third kappa shape index (κ3) is 2.49. The molecule has 9 heteroatoms. The fourth-order valence-electron chi connectivity index (χ4n) is 3.29. The summed E-state index contributed by atoms with van der Waals surface area (Å²) < 4.78 is 70.4. The molecule has 1 aliphatic rings. The first kappa shape index (κ1) is 17.5. The number of nitrogens with zero attached hydrogens (tertiary/aromatic N) is 2. The molecular weight excluding hydrogens is 381 g/mol. The van der Waals surface area contributed by atoms with Gasteiger partial charge in [0, 0.05) is 17.8 Å². The Balaban J connectivity index is 2.00. The summed E-state index contributed by atoms with van der Waals surface area (Å²) in [5.74, 6) is -3.30. The number of aromatic hydroxyl groups is 1. The third-order valence-corrected chi connectivity index (χ3v) is 6.43. The zero-order valence-corrected chi connectivity index (χ0v) is 14.7. The van der Waals surface area contributed by atoms with Gasteiger partial charge in [-0.1, -0.05) is 0 Å². The van der Waals surface area contributed by atoms with Crippen LogP contribution in [0.25, 0.3) is 5.69 Å². The van der Waals surface area contributed by atoms with Gasteiger partial charge in [0.15, 0.2) is 17.6 Å². The van der Waals surface area contributed by atoms with Crippen LogP contribution in [-0.4, -0.2) is 18.1 Å². The van der Waals surface area contributed by atoms with Crippen LogP contribution in [0.3, 0.4) is 0 Å². The summed E-state index contributed by atoms with van der Waals surface area (Å²) in [5, 5.41) is 9.40. The summed E-state index contributed by atoms with van der Waals surface area (Å²) in [7, 11) is -4.21. The molecule has 1 atom stereocenters. The number of sulfonamides is 1. The predicted octanol–water partition coefficient (Wildman–Crippen LogP) is 3.87. The lowest BCUT2D eigenvalue weighted by Gasteiger charge is -2.37. The monoisotopic (exact) mass is 394 g/mol. The molecule has 0 saturated carbocycles. The van der Waals surface area contributed by atoms with Gasteiger partial charge in [-0.15, -0.1) is 0 Å². The third-order valence-electron chi connectivity index (χ3n) is 4.53. The molecule has 0 aliphatic carbocycles. The topological polar surface area (TPSA) is 62.5 Å². The van der Waals surface area contributed by atoms with Crippen molar-refractivity contribution in [3.8, 4) is 11.4 Å². The second kappa shape index (κ2) is 5.78. The average molecular weight is 394 g/mol. The number of phenolic OH excluding ortho intramolecular Hbond substituents is 1. The van der Waals surface area contributed by atoms with E-state index in [1.54, 1.807) is 0 Å². The molecule has 0 radical (unpaired) electrons. The molecule has 2 aromatic carbocycles. The zero-order chi connectivity index (χ0) is 19.5. The molecule has 1 aliphatic heterocycles. The molecule has 0 spiro atoms. The minimum absolute atomic E-state index is 0.119. The molecule has 0 bridgehead atoms. The molecule has 2 heterocycles. The molecule has 1 aromatic heterocycles. The van der Waals surface area contributed by atoms with Gasteiger partial charge in [-0.25, -0.2) is 17.2 Å². The predicted molar refractivity (Wildman–Crippen MR) is 91.8 cm³/mol. The van der Waals surface area contributed by atoms with E-state index < -0.39 is 33.6 Å². The summed E-state index contributed by atoms with van der Waals surface area (Å²) in [6.07, 6.45) is 0. The highest BCUT2D eigenvalue weighted by Crippen LogP contribution is 2.43. The van der Waals surface area contributed by atoms with Gasteiger partial charge in [0.1, 0.15) is 5.75 Å². The fraction of sp³-hybridized carbons (Fsp3) is 0.111.